The van der Waals surface area contributed by atoms with Gasteiger partial charge in [-0.25, -0.2) is 4.98 Å². The van der Waals surface area contributed by atoms with Gasteiger partial charge in [-0.3, -0.25) is 14.9 Å². The summed E-state index contributed by atoms with van der Waals surface area (Å²) >= 11 is 1.53. The van der Waals surface area contributed by atoms with E-state index in [1.807, 2.05) is 0 Å². The molecular formula is C16H18ClN3O2S. The zero-order chi connectivity index (χ0) is 15.7. The van der Waals surface area contributed by atoms with Gasteiger partial charge in [0.25, 0.3) is 5.91 Å². The van der Waals surface area contributed by atoms with Gasteiger partial charge in [-0.05, 0) is 26.1 Å². The van der Waals surface area contributed by atoms with Crippen molar-refractivity contribution in [3.63, 3.8) is 0 Å². The molecule has 0 saturated heterocycles. The van der Waals surface area contributed by atoms with Crippen molar-refractivity contribution in [3.05, 3.63) is 46.0 Å². The van der Waals surface area contributed by atoms with E-state index in [1.165, 1.54) is 23.1 Å². The van der Waals surface area contributed by atoms with E-state index in [4.69, 9.17) is 0 Å². The molecule has 122 valence electrons. The molecule has 2 heterocycles. The molecule has 0 atom stereocenters. The molecule has 23 heavy (non-hydrogen) atoms. The number of carbonyl (C=O) groups is 2. The summed E-state index contributed by atoms with van der Waals surface area (Å²) in [5.41, 5.74) is 2.21. The van der Waals surface area contributed by atoms with Gasteiger partial charge >= 0.3 is 0 Å². The second-order valence-corrected chi connectivity index (χ2v) is 6.55. The Hall–Kier alpha value is -1.76. The number of anilines is 1. The normalized spacial score (nSPS) is 13.8. The summed E-state index contributed by atoms with van der Waals surface area (Å²) in [7, 11) is 2.08. The quantitative estimate of drug-likeness (QED) is 0.863. The van der Waals surface area contributed by atoms with Gasteiger partial charge in [0, 0.05) is 35.5 Å². The second kappa shape index (κ2) is 7.21. The predicted molar refractivity (Wildman–Crippen MR) is 93.8 cm³/mol. The molecule has 1 aliphatic heterocycles. The molecule has 0 aliphatic carbocycles. The first kappa shape index (κ1) is 17.6. The van der Waals surface area contributed by atoms with Crippen LogP contribution in [0.1, 0.15) is 38.2 Å². The van der Waals surface area contributed by atoms with Gasteiger partial charge in [-0.1, -0.05) is 12.1 Å². The third kappa shape index (κ3) is 3.96. The molecule has 0 bridgehead atoms. The summed E-state index contributed by atoms with van der Waals surface area (Å²) in [5.74, 6) is -0.210. The Morgan fingerprint density at radius 1 is 1.22 bits per heavy atom. The first-order chi connectivity index (χ1) is 10.5. The van der Waals surface area contributed by atoms with Crippen LogP contribution in [0.25, 0.3) is 0 Å². The lowest BCUT2D eigenvalue weighted by molar-refractivity contribution is 0.100. The molecule has 0 saturated carbocycles. The molecule has 0 radical (unpaired) electrons. The van der Waals surface area contributed by atoms with Crippen LogP contribution in [0.3, 0.4) is 0 Å². The van der Waals surface area contributed by atoms with E-state index in [0.717, 1.165) is 25.2 Å². The van der Waals surface area contributed by atoms with E-state index < -0.39 is 0 Å². The molecule has 0 spiro atoms. The minimum absolute atomic E-state index is 0. The van der Waals surface area contributed by atoms with Crippen molar-refractivity contribution in [2.24, 2.45) is 0 Å². The fraction of sp³-hybridized carbons (Fsp3) is 0.312. The molecule has 2 aromatic rings. The number of hydrogen-bond acceptors (Lipinski definition) is 5. The average Bonchev–Trinajstić information content (AvgIpc) is 2.88. The Labute approximate surface area is 145 Å². The Kier molecular flexibility index (Phi) is 5.51. The van der Waals surface area contributed by atoms with E-state index in [1.54, 1.807) is 24.3 Å². The largest absolute Gasteiger partial charge is 0.301 e. The van der Waals surface area contributed by atoms with Crippen molar-refractivity contribution >= 4 is 40.6 Å². The van der Waals surface area contributed by atoms with Gasteiger partial charge in [0.2, 0.25) is 0 Å². The molecule has 1 amide bonds. The van der Waals surface area contributed by atoms with Crippen LogP contribution in [0.15, 0.2) is 24.3 Å². The zero-order valence-electron chi connectivity index (χ0n) is 13.0. The number of likely N-dealkylation sites (N-methyl/N-ethyl adjacent to an activating group) is 1. The molecule has 1 N–H and O–H groups in total. The first-order valence-corrected chi connectivity index (χ1v) is 7.94. The molecule has 7 heteroatoms. The molecule has 5 nitrogen and oxygen atoms in total. The number of amides is 1. The van der Waals surface area contributed by atoms with E-state index >= 15 is 0 Å². The Balaban J connectivity index is 0.00000192. The third-order valence-corrected chi connectivity index (χ3v) is 4.69. The molecule has 1 aromatic heterocycles. The maximum absolute atomic E-state index is 12.2. The standard InChI is InChI=1S/C16H17N3O2S.ClH/c1-10(20)11-3-5-12(6-4-11)15(21)18-16-17-13-7-8-19(2)9-14(13)22-16;/h3-6H,7-9H2,1-2H3,(H,17,18,21);1H. The molecule has 0 unspecified atom stereocenters. The summed E-state index contributed by atoms with van der Waals surface area (Å²) in [5, 5.41) is 3.48. The lowest BCUT2D eigenvalue weighted by Crippen LogP contribution is -2.25. The summed E-state index contributed by atoms with van der Waals surface area (Å²) < 4.78 is 0. The topological polar surface area (TPSA) is 62.3 Å². The maximum atomic E-state index is 12.2. The number of benzene rings is 1. The van der Waals surface area contributed by atoms with Crippen molar-refractivity contribution in [2.45, 2.75) is 19.9 Å². The van der Waals surface area contributed by atoms with Gasteiger partial charge < -0.3 is 4.90 Å². The van der Waals surface area contributed by atoms with Gasteiger partial charge in [0.15, 0.2) is 10.9 Å². The number of Topliss-reactive ketones (excluding diaryl/α,β-unsaturated/α-hetero) is 1. The SMILES string of the molecule is CC(=O)c1ccc(C(=O)Nc2nc3c(s2)CN(C)CC3)cc1.Cl. The first-order valence-electron chi connectivity index (χ1n) is 7.12. The van der Waals surface area contributed by atoms with Crippen LogP contribution in [-0.2, 0) is 13.0 Å². The Morgan fingerprint density at radius 2 is 1.87 bits per heavy atom. The van der Waals surface area contributed by atoms with Crippen molar-refractivity contribution in [2.75, 3.05) is 18.9 Å². The number of nitrogens with one attached hydrogen (secondary N) is 1. The number of ketones is 1. The minimum atomic E-state index is -0.199. The highest BCUT2D eigenvalue weighted by Crippen LogP contribution is 2.28. The fourth-order valence-corrected chi connectivity index (χ4v) is 3.49. The van der Waals surface area contributed by atoms with E-state index in [9.17, 15) is 9.59 Å². The highest BCUT2D eigenvalue weighted by atomic mass is 35.5. The zero-order valence-corrected chi connectivity index (χ0v) is 14.6. The predicted octanol–water partition coefficient (Wildman–Crippen LogP) is 3.01. The summed E-state index contributed by atoms with van der Waals surface area (Å²) in [4.78, 5) is 31.4. The van der Waals surface area contributed by atoms with Crippen molar-refractivity contribution in [1.82, 2.24) is 9.88 Å². The van der Waals surface area contributed by atoms with Gasteiger partial charge in [0.1, 0.15) is 0 Å². The highest BCUT2D eigenvalue weighted by Gasteiger charge is 2.19. The fourth-order valence-electron chi connectivity index (χ4n) is 2.40. The Bertz CT molecular complexity index is 727. The summed E-state index contributed by atoms with van der Waals surface area (Å²) in [6.07, 6.45) is 0.922. The van der Waals surface area contributed by atoms with Crippen LogP contribution in [0, 0.1) is 0 Å². The smallest absolute Gasteiger partial charge is 0.257 e. The number of halogens is 1. The van der Waals surface area contributed by atoms with E-state index in [-0.39, 0.29) is 24.1 Å². The summed E-state index contributed by atoms with van der Waals surface area (Å²) in [6, 6.07) is 6.65. The van der Waals surface area contributed by atoms with Crippen LogP contribution in [0.5, 0.6) is 0 Å². The third-order valence-electron chi connectivity index (χ3n) is 3.70. The van der Waals surface area contributed by atoms with E-state index in [0.29, 0.717) is 16.3 Å². The number of fused-ring (bicyclic) bond motifs is 1. The number of thiazole rings is 1. The van der Waals surface area contributed by atoms with E-state index in [2.05, 4.69) is 22.2 Å². The monoisotopic (exact) mass is 351 g/mol. The number of nitrogens with zero attached hydrogens (tertiary/aromatic N) is 2. The summed E-state index contributed by atoms with van der Waals surface area (Å²) in [6.45, 7) is 3.39. The van der Waals surface area contributed by atoms with Gasteiger partial charge in [-0.15, -0.1) is 23.7 Å². The minimum Gasteiger partial charge on any atom is -0.301 e. The maximum Gasteiger partial charge on any atom is 0.257 e. The van der Waals surface area contributed by atoms with Crippen LogP contribution in [-0.4, -0.2) is 35.2 Å². The van der Waals surface area contributed by atoms with Crippen molar-refractivity contribution < 1.29 is 9.59 Å². The number of rotatable bonds is 3. The molecule has 0 fully saturated rings. The van der Waals surface area contributed by atoms with Crippen molar-refractivity contribution in [3.8, 4) is 0 Å². The number of hydrogen-bond donors (Lipinski definition) is 1. The second-order valence-electron chi connectivity index (χ2n) is 5.46. The highest BCUT2D eigenvalue weighted by molar-refractivity contribution is 7.15. The van der Waals surface area contributed by atoms with Crippen LogP contribution < -0.4 is 5.32 Å². The van der Waals surface area contributed by atoms with Gasteiger partial charge in [0.05, 0.1) is 5.69 Å². The Morgan fingerprint density at radius 3 is 2.52 bits per heavy atom. The van der Waals surface area contributed by atoms with Gasteiger partial charge in [-0.2, -0.15) is 0 Å². The van der Waals surface area contributed by atoms with Crippen LogP contribution >= 0.6 is 23.7 Å². The number of carbonyl (C=O) groups excluding carboxylic acids is 2. The molecule has 1 aromatic carbocycles. The number of aromatic nitrogens is 1. The lowest BCUT2D eigenvalue weighted by atomic mass is 10.1. The molecule has 3 rings (SSSR count). The van der Waals surface area contributed by atoms with Crippen LogP contribution in [0.2, 0.25) is 0 Å². The average molecular weight is 352 g/mol. The molecular weight excluding hydrogens is 334 g/mol. The van der Waals surface area contributed by atoms with Crippen LogP contribution in [0.4, 0.5) is 5.13 Å². The van der Waals surface area contributed by atoms with Crippen molar-refractivity contribution in [1.29, 1.82) is 0 Å². The molecule has 1 aliphatic rings. The lowest BCUT2D eigenvalue weighted by Gasteiger charge is -2.20.